The van der Waals surface area contributed by atoms with Gasteiger partial charge in [-0.25, -0.2) is 4.79 Å². The number of aromatic carboxylic acids is 1. The van der Waals surface area contributed by atoms with Crippen LogP contribution >= 0.6 is 0 Å². The van der Waals surface area contributed by atoms with Crippen LogP contribution in [0.5, 0.6) is 0 Å². The number of carboxylic acid groups (broad SMARTS) is 1. The minimum atomic E-state index is -0.952. The summed E-state index contributed by atoms with van der Waals surface area (Å²) in [6.45, 7) is 0.404. The molecule has 2 rings (SSSR count). The Morgan fingerprint density at radius 1 is 1.17 bits per heavy atom. The van der Waals surface area contributed by atoms with Gasteiger partial charge in [-0.15, -0.1) is 0 Å². The number of azo groups is 1. The summed E-state index contributed by atoms with van der Waals surface area (Å²) >= 11 is 0. The van der Waals surface area contributed by atoms with Crippen LogP contribution in [0, 0.1) is 0 Å². The lowest BCUT2D eigenvalue weighted by atomic mass is 10.2. The van der Waals surface area contributed by atoms with Gasteiger partial charge in [-0.05, 0) is 36.4 Å². The summed E-state index contributed by atoms with van der Waals surface area (Å²) in [5.74, 6) is -0.952. The van der Waals surface area contributed by atoms with Crippen LogP contribution in [0.1, 0.15) is 16.1 Å². The molecule has 1 aromatic heterocycles. The lowest BCUT2D eigenvalue weighted by Crippen LogP contribution is -1.94. The molecule has 0 saturated carbocycles. The van der Waals surface area contributed by atoms with Gasteiger partial charge in [0.05, 0.1) is 16.9 Å². The molecule has 0 unspecified atom stereocenters. The van der Waals surface area contributed by atoms with Crippen LogP contribution in [-0.2, 0) is 6.54 Å². The maximum absolute atomic E-state index is 10.6. The Labute approximate surface area is 104 Å². The number of pyridine rings is 1. The minimum Gasteiger partial charge on any atom is -0.478 e. The lowest BCUT2D eigenvalue weighted by molar-refractivity contribution is 0.0697. The molecule has 0 bridgehead atoms. The molecular weight excluding hydrogens is 230 g/mol. The molecule has 5 nitrogen and oxygen atoms in total. The Balaban J connectivity index is 1.99. The molecule has 1 heterocycles. The SMILES string of the molecule is O=C(O)c1ccc(N=NCc2ccccn2)cc1. The van der Waals surface area contributed by atoms with Gasteiger partial charge in [-0.3, -0.25) is 4.98 Å². The summed E-state index contributed by atoms with van der Waals surface area (Å²) in [4.78, 5) is 14.8. The van der Waals surface area contributed by atoms with Crippen LogP contribution in [0.3, 0.4) is 0 Å². The third-order valence-corrected chi connectivity index (χ3v) is 2.26. The number of hydrogen-bond acceptors (Lipinski definition) is 4. The number of aromatic nitrogens is 1. The molecule has 18 heavy (non-hydrogen) atoms. The summed E-state index contributed by atoms with van der Waals surface area (Å²) in [5, 5.41) is 16.7. The first-order valence-electron chi connectivity index (χ1n) is 5.36. The number of rotatable bonds is 4. The van der Waals surface area contributed by atoms with Crippen LogP contribution < -0.4 is 0 Å². The summed E-state index contributed by atoms with van der Waals surface area (Å²) in [7, 11) is 0. The zero-order chi connectivity index (χ0) is 12.8. The van der Waals surface area contributed by atoms with Crippen molar-refractivity contribution in [3.05, 3.63) is 59.9 Å². The van der Waals surface area contributed by atoms with E-state index < -0.39 is 5.97 Å². The van der Waals surface area contributed by atoms with Gasteiger partial charge in [0, 0.05) is 6.20 Å². The van der Waals surface area contributed by atoms with Gasteiger partial charge in [0.25, 0.3) is 0 Å². The first kappa shape index (κ1) is 11.9. The van der Waals surface area contributed by atoms with E-state index >= 15 is 0 Å². The predicted octanol–water partition coefficient (Wildman–Crippen LogP) is 3.06. The molecule has 0 saturated heterocycles. The van der Waals surface area contributed by atoms with Crippen molar-refractivity contribution in [3.8, 4) is 0 Å². The highest BCUT2D eigenvalue weighted by Crippen LogP contribution is 2.14. The highest BCUT2D eigenvalue weighted by Gasteiger charge is 2.00. The van der Waals surface area contributed by atoms with Crippen LogP contribution in [-0.4, -0.2) is 16.1 Å². The number of benzene rings is 1. The second kappa shape index (κ2) is 5.67. The Kier molecular flexibility index (Phi) is 3.76. The molecule has 0 aliphatic carbocycles. The molecule has 5 heteroatoms. The van der Waals surface area contributed by atoms with Gasteiger partial charge in [0.1, 0.15) is 6.54 Å². The zero-order valence-corrected chi connectivity index (χ0v) is 9.52. The average Bonchev–Trinajstić information content (AvgIpc) is 2.40. The second-order valence-corrected chi connectivity index (χ2v) is 3.57. The van der Waals surface area contributed by atoms with E-state index in [0.717, 1.165) is 5.69 Å². The van der Waals surface area contributed by atoms with Crippen molar-refractivity contribution >= 4 is 11.7 Å². The van der Waals surface area contributed by atoms with E-state index in [9.17, 15) is 4.79 Å². The summed E-state index contributed by atoms with van der Waals surface area (Å²) in [5.41, 5.74) is 1.69. The standard InChI is InChI=1S/C13H11N3O2/c17-13(18)10-4-6-11(7-5-10)16-15-9-12-3-1-2-8-14-12/h1-8H,9H2,(H,17,18). The summed E-state index contributed by atoms with van der Waals surface area (Å²) in [6, 6.07) is 11.8. The van der Waals surface area contributed by atoms with Crippen molar-refractivity contribution < 1.29 is 9.90 Å². The number of carbonyl (C=O) groups is 1. The molecule has 0 fully saturated rings. The van der Waals surface area contributed by atoms with E-state index in [0.29, 0.717) is 12.2 Å². The molecule has 0 aliphatic heterocycles. The average molecular weight is 241 g/mol. The maximum atomic E-state index is 10.6. The first-order chi connectivity index (χ1) is 8.75. The van der Waals surface area contributed by atoms with Crippen LogP contribution in [0.2, 0.25) is 0 Å². The third-order valence-electron chi connectivity index (χ3n) is 2.26. The van der Waals surface area contributed by atoms with Crippen LogP contribution in [0.4, 0.5) is 5.69 Å². The van der Waals surface area contributed by atoms with Crippen molar-refractivity contribution in [2.24, 2.45) is 10.2 Å². The molecule has 1 aromatic carbocycles. The van der Waals surface area contributed by atoms with Crippen LogP contribution in [0.15, 0.2) is 58.9 Å². The third kappa shape index (κ3) is 3.21. The van der Waals surface area contributed by atoms with Gasteiger partial charge in [0.2, 0.25) is 0 Å². The van der Waals surface area contributed by atoms with Gasteiger partial charge in [-0.2, -0.15) is 10.2 Å². The highest BCUT2D eigenvalue weighted by atomic mass is 16.4. The van der Waals surface area contributed by atoms with Gasteiger partial charge in [0.15, 0.2) is 0 Å². The topological polar surface area (TPSA) is 74.9 Å². The fraction of sp³-hybridized carbons (Fsp3) is 0.0769. The molecule has 0 radical (unpaired) electrons. The largest absolute Gasteiger partial charge is 0.478 e. The van der Waals surface area contributed by atoms with E-state index in [-0.39, 0.29) is 5.56 Å². The Morgan fingerprint density at radius 2 is 1.94 bits per heavy atom. The Hall–Kier alpha value is -2.56. The number of nitrogens with zero attached hydrogens (tertiary/aromatic N) is 3. The molecule has 0 aliphatic rings. The second-order valence-electron chi connectivity index (χ2n) is 3.57. The minimum absolute atomic E-state index is 0.235. The molecular formula is C13H11N3O2. The maximum Gasteiger partial charge on any atom is 0.335 e. The van der Waals surface area contributed by atoms with Crippen molar-refractivity contribution in [1.82, 2.24) is 4.98 Å². The smallest absolute Gasteiger partial charge is 0.335 e. The van der Waals surface area contributed by atoms with E-state index in [2.05, 4.69) is 15.2 Å². The van der Waals surface area contributed by atoms with E-state index in [1.807, 2.05) is 18.2 Å². The molecule has 0 amide bonds. The summed E-state index contributed by atoms with van der Waals surface area (Å²) in [6.07, 6.45) is 1.70. The van der Waals surface area contributed by atoms with Crippen molar-refractivity contribution in [3.63, 3.8) is 0 Å². The zero-order valence-electron chi connectivity index (χ0n) is 9.52. The summed E-state index contributed by atoms with van der Waals surface area (Å²) < 4.78 is 0. The van der Waals surface area contributed by atoms with Crippen LogP contribution in [0.25, 0.3) is 0 Å². The quantitative estimate of drug-likeness (QED) is 0.836. The van der Waals surface area contributed by atoms with Gasteiger partial charge < -0.3 is 5.11 Å². The van der Waals surface area contributed by atoms with Crippen molar-refractivity contribution in [1.29, 1.82) is 0 Å². The molecule has 0 spiro atoms. The fourth-order valence-corrected chi connectivity index (χ4v) is 1.35. The van der Waals surface area contributed by atoms with E-state index in [1.54, 1.807) is 18.3 Å². The van der Waals surface area contributed by atoms with E-state index in [1.165, 1.54) is 12.1 Å². The van der Waals surface area contributed by atoms with Crippen molar-refractivity contribution in [2.75, 3.05) is 0 Å². The van der Waals surface area contributed by atoms with E-state index in [4.69, 9.17) is 5.11 Å². The molecule has 2 aromatic rings. The monoisotopic (exact) mass is 241 g/mol. The highest BCUT2D eigenvalue weighted by molar-refractivity contribution is 5.87. The fourth-order valence-electron chi connectivity index (χ4n) is 1.35. The molecule has 1 N–H and O–H groups in total. The normalized spacial score (nSPS) is 10.7. The number of hydrogen-bond donors (Lipinski definition) is 1. The number of carboxylic acids is 1. The first-order valence-corrected chi connectivity index (χ1v) is 5.36. The Bertz CT molecular complexity index is 550. The molecule has 0 atom stereocenters. The molecule has 90 valence electrons. The predicted molar refractivity (Wildman–Crippen MR) is 65.9 cm³/mol. The van der Waals surface area contributed by atoms with Gasteiger partial charge >= 0.3 is 5.97 Å². The Morgan fingerprint density at radius 3 is 2.56 bits per heavy atom. The van der Waals surface area contributed by atoms with Gasteiger partial charge in [-0.1, -0.05) is 6.07 Å². The van der Waals surface area contributed by atoms with Crippen molar-refractivity contribution in [2.45, 2.75) is 6.54 Å². The lowest BCUT2D eigenvalue weighted by Gasteiger charge is -1.95.